The molecule has 0 aromatic rings. The van der Waals surface area contributed by atoms with Crippen LogP contribution in [0.1, 0.15) is 61.3 Å². The summed E-state index contributed by atoms with van der Waals surface area (Å²) in [6, 6.07) is 0. The molecule has 2 saturated carbocycles. The van der Waals surface area contributed by atoms with E-state index < -0.39 is 0 Å². The second-order valence-corrected chi connectivity index (χ2v) is 8.22. The van der Waals surface area contributed by atoms with E-state index in [0.29, 0.717) is 11.3 Å². The highest BCUT2D eigenvalue weighted by Crippen LogP contribution is 2.86. The smallest absolute Gasteiger partial charge is 0.00102 e. The standard InChI is InChI=1S/C20H34/c1-10-11-13(4)14(5)19(8,12(2)3)15(6)17-18-16(7)20(17,18)9/h13-15,17-18H,2,7,10-11H2,1,3-6,8-9H3. The zero-order valence-corrected chi connectivity index (χ0v) is 14.7. The normalized spacial score (nSPS) is 38.5. The number of hydrogen-bond acceptors (Lipinski definition) is 0. The molecule has 2 rings (SSSR count). The minimum Gasteiger partial charge on any atom is -0.0996 e. The van der Waals surface area contributed by atoms with Gasteiger partial charge in [-0.3, -0.25) is 0 Å². The summed E-state index contributed by atoms with van der Waals surface area (Å²) in [5.74, 6) is 3.87. The molecule has 0 aliphatic heterocycles. The molecule has 0 heterocycles. The first-order valence-electron chi connectivity index (χ1n) is 8.50. The fourth-order valence-electron chi connectivity index (χ4n) is 5.11. The van der Waals surface area contributed by atoms with Crippen molar-refractivity contribution >= 4 is 0 Å². The first kappa shape index (κ1) is 15.9. The Bertz CT molecular complexity index is 431. The van der Waals surface area contributed by atoms with Gasteiger partial charge < -0.3 is 0 Å². The molecule has 0 bridgehead atoms. The van der Waals surface area contributed by atoms with Crippen LogP contribution < -0.4 is 0 Å². The average Bonchev–Trinajstić information content (AvgIpc) is 3.19. The highest BCUT2D eigenvalue weighted by Gasteiger charge is 2.81. The number of allylic oxidation sites excluding steroid dienone is 2. The molecule has 114 valence electrons. The molecule has 7 atom stereocenters. The third-order valence-electron chi connectivity index (χ3n) is 7.52. The van der Waals surface area contributed by atoms with Crippen LogP contribution >= 0.6 is 0 Å². The van der Waals surface area contributed by atoms with Crippen molar-refractivity contribution in [3.63, 3.8) is 0 Å². The quantitative estimate of drug-likeness (QED) is 0.492. The second-order valence-electron chi connectivity index (χ2n) is 8.22. The van der Waals surface area contributed by atoms with Gasteiger partial charge in [0.1, 0.15) is 0 Å². The summed E-state index contributed by atoms with van der Waals surface area (Å²) in [4.78, 5) is 0. The molecule has 7 unspecified atom stereocenters. The van der Waals surface area contributed by atoms with Crippen LogP contribution in [0.5, 0.6) is 0 Å². The van der Waals surface area contributed by atoms with Crippen LogP contribution in [0.25, 0.3) is 0 Å². The lowest BCUT2D eigenvalue weighted by molar-refractivity contribution is 0.0848. The fourth-order valence-corrected chi connectivity index (χ4v) is 5.11. The third-order valence-corrected chi connectivity index (χ3v) is 7.52. The van der Waals surface area contributed by atoms with Crippen LogP contribution in [-0.4, -0.2) is 0 Å². The van der Waals surface area contributed by atoms with E-state index in [1.807, 2.05) is 0 Å². The van der Waals surface area contributed by atoms with Gasteiger partial charge in [0.25, 0.3) is 0 Å². The van der Waals surface area contributed by atoms with Crippen LogP contribution in [0.3, 0.4) is 0 Å². The lowest BCUT2D eigenvalue weighted by Crippen LogP contribution is -2.39. The predicted molar refractivity (Wildman–Crippen MR) is 89.5 cm³/mol. The van der Waals surface area contributed by atoms with Crippen molar-refractivity contribution in [1.29, 1.82) is 0 Å². The fraction of sp³-hybridized carbons (Fsp3) is 0.800. The maximum absolute atomic E-state index is 4.38. The Labute approximate surface area is 126 Å². The van der Waals surface area contributed by atoms with Gasteiger partial charge in [-0.1, -0.05) is 78.7 Å². The van der Waals surface area contributed by atoms with Crippen LogP contribution in [0.2, 0.25) is 0 Å². The molecule has 0 N–H and O–H groups in total. The van der Waals surface area contributed by atoms with Gasteiger partial charge >= 0.3 is 0 Å². The van der Waals surface area contributed by atoms with Crippen LogP contribution in [-0.2, 0) is 0 Å². The molecule has 0 nitrogen and oxygen atoms in total. The third kappa shape index (κ3) is 1.86. The average molecular weight is 274 g/mol. The lowest BCUT2D eigenvalue weighted by Gasteiger charge is -2.46. The Hall–Kier alpha value is -0.520. The molecule has 0 spiro atoms. The molecule has 0 aromatic carbocycles. The van der Waals surface area contributed by atoms with Crippen LogP contribution in [0, 0.1) is 40.4 Å². The maximum atomic E-state index is 4.38. The lowest BCUT2D eigenvalue weighted by atomic mass is 9.58. The van der Waals surface area contributed by atoms with Gasteiger partial charge in [-0.15, -0.1) is 0 Å². The second kappa shape index (κ2) is 4.75. The largest absolute Gasteiger partial charge is 0.0996 e. The molecule has 0 radical (unpaired) electrons. The molecule has 0 heteroatoms. The van der Waals surface area contributed by atoms with Crippen LogP contribution in [0.4, 0.5) is 0 Å². The van der Waals surface area contributed by atoms with Crippen molar-refractivity contribution in [2.45, 2.75) is 61.3 Å². The number of fused-ring (bicyclic) bond motifs is 1. The Morgan fingerprint density at radius 1 is 1.35 bits per heavy atom. The van der Waals surface area contributed by atoms with Gasteiger partial charge in [0, 0.05) is 0 Å². The van der Waals surface area contributed by atoms with Gasteiger partial charge in [0.05, 0.1) is 0 Å². The monoisotopic (exact) mass is 274 g/mol. The van der Waals surface area contributed by atoms with Gasteiger partial charge in [0.15, 0.2) is 0 Å². The zero-order chi connectivity index (χ0) is 15.5. The van der Waals surface area contributed by atoms with Crippen molar-refractivity contribution in [2.24, 2.45) is 40.4 Å². The Morgan fingerprint density at radius 2 is 1.85 bits per heavy atom. The summed E-state index contributed by atoms with van der Waals surface area (Å²) in [6.45, 7) is 25.4. The highest BCUT2D eigenvalue weighted by molar-refractivity contribution is 5.52. The van der Waals surface area contributed by atoms with Crippen molar-refractivity contribution in [3.8, 4) is 0 Å². The molecule has 2 aliphatic rings. The Kier molecular flexibility index (Phi) is 3.77. The Balaban J connectivity index is 2.18. The maximum Gasteiger partial charge on any atom is -0.00102 e. The molecule has 0 amide bonds. The van der Waals surface area contributed by atoms with Gasteiger partial charge in [-0.05, 0) is 47.3 Å². The van der Waals surface area contributed by atoms with Crippen LogP contribution in [0.15, 0.2) is 24.3 Å². The zero-order valence-electron chi connectivity index (χ0n) is 14.7. The summed E-state index contributed by atoms with van der Waals surface area (Å²) < 4.78 is 0. The summed E-state index contributed by atoms with van der Waals surface area (Å²) in [7, 11) is 0. The van der Waals surface area contributed by atoms with Gasteiger partial charge in [0.2, 0.25) is 0 Å². The number of rotatable bonds is 7. The van der Waals surface area contributed by atoms with E-state index in [-0.39, 0.29) is 5.41 Å². The van der Waals surface area contributed by atoms with E-state index in [1.54, 1.807) is 0 Å². The molecule has 2 aliphatic carbocycles. The summed E-state index contributed by atoms with van der Waals surface area (Å²) in [5, 5.41) is 0. The van der Waals surface area contributed by atoms with E-state index in [1.165, 1.54) is 24.0 Å². The molecule has 2 fully saturated rings. The van der Waals surface area contributed by atoms with E-state index in [4.69, 9.17) is 0 Å². The molecular formula is C20H34. The molecule has 0 saturated heterocycles. The first-order chi connectivity index (χ1) is 9.14. The van der Waals surface area contributed by atoms with Crippen molar-refractivity contribution in [1.82, 2.24) is 0 Å². The van der Waals surface area contributed by atoms with E-state index in [9.17, 15) is 0 Å². The van der Waals surface area contributed by atoms with E-state index >= 15 is 0 Å². The van der Waals surface area contributed by atoms with Crippen molar-refractivity contribution in [2.75, 3.05) is 0 Å². The first-order valence-corrected chi connectivity index (χ1v) is 8.50. The van der Waals surface area contributed by atoms with Crippen molar-refractivity contribution < 1.29 is 0 Å². The van der Waals surface area contributed by atoms with Gasteiger partial charge in [-0.25, -0.2) is 0 Å². The SMILES string of the molecule is C=C(C)C(C)(C(C)C(C)CCC)C(C)C1C2C(=C)C21C. The minimum absolute atomic E-state index is 0.260. The molecular weight excluding hydrogens is 240 g/mol. The molecule has 0 aromatic heterocycles. The van der Waals surface area contributed by atoms with E-state index in [2.05, 4.69) is 61.6 Å². The topological polar surface area (TPSA) is 0 Å². The number of hydrogen-bond donors (Lipinski definition) is 0. The van der Waals surface area contributed by atoms with Gasteiger partial charge in [-0.2, -0.15) is 0 Å². The molecule has 20 heavy (non-hydrogen) atoms. The predicted octanol–water partition coefficient (Wildman–Crippen LogP) is 6.10. The Morgan fingerprint density at radius 3 is 2.20 bits per heavy atom. The van der Waals surface area contributed by atoms with Crippen molar-refractivity contribution in [3.05, 3.63) is 24.3 Å². The summed E-state index contributed by atoms with van der Waals surface area (Å²) >= 11 is 0. The van der Waals surface area contributed by atoms with E-state index in [0.717, 1.165) is 23.7 Å². The minimum atomic E-state index is 0.260. The summed E-state index contributed by atoms with van der Waals surface area (Å²) in [6.07, 6.45) is 2.61. The highest BCUT2D eigenvalue weighted by atomic mass is 14.8. The summed E-state index contributed by atoms with van der Waals surface area (Å²) in [5.41, 5.74) is 3.63.